The van der Waals surface area contributed by atoms with Crippen molar-refractivity contribution in [1.82, 2.24) is 15.1 Å². The highest BCUT2D eigenvalue weighted by Gasteiger charge is 2.33. The highest BCUT2D eigenvalue weighted by atomic mass is 16.5. The third kappa shape index (κ3) is 4.35. The van der Waals surface area contributed by atoms with E-state index in [0.717, 1.165) is 30.1 Å². The van der Waals surface area contributed by atoms with Crippen LogP contribution in [0.4, 0.5) is 0 Å². The molecule has 0 unspecified atom stereocenters. The van der Waals surface area contributed by atoms with Gasteiger partial charge in [-0.05, 0) is 26.0 Å². The van der Waals surface area contributed by atoms with E-state index in [2.05, 4.69) is 15.1 Å². The Hall–Kier alpha value is -1.89. The molecule has 1 aliphatic heterocycles. The van der Waals surface area contributed by atoms with Crippen molar-refractivity contribution in [3.05, 3.63) is 47.3 Å². The Morgan fingerprint density at radius 1 is 1.33 bits per heavy atom. The molecule has 0 amide bonds. The Kier molecular flexibility index (Phi) is 5.18. The summed E-state index contributed by atoms with van der Waals surface area (Å²) in [4.78, 5) is 2.18. The van der Waals surface area contributed by atoms with Crippen LogP contribution in [-0.4, -0.2) is 58.7 Å². The van der Waals surface area contributed by atoms with Gasteiger partial charge in [0.2, 0.25) is 0 Å². The number of nitrogens with zero attached hydrogens (tertiary/aromatic N) is 2. The van der Waals surface area contributed by atoms with E-state index in [1.54, 1.807) is 0 Å². The van der Waals surface area contributed by atoms with Crippen LogP contribution in [0.25, 0.3) is 0 Å². The molecular weight excluding hydrogens is 306 g/mol. The number of H-pyrrole nitrogens is 1. The van der Waals surface area contributed by atoms with Crippen molar-refractivity contribution in [2.24, 2.45) is 0 Å². The van der Waals surface area contributed by atoms with E-state index in [0.29, 0.717) is 13.2 Å². The van der Waals surface area contributed by atoms with E-state index in [1.165, 1.54) is 5.56 Å². The molecular formula is C18H25N3O3. The second kappa shape index (κ2) is 7.34. The minimum Gasteiger partial charge on any atom is -0.490 e. The molecule has 0 radical (unpaired) electrons. The zero-order chi connectivity index (χ0) is 17.0. The second-order valence-corrected chi connectivity index (χ2v) is 6.61. The van der Waals surface area contributed by atoms with Crippen molar-refractivity contribution in [2.45, 2.75) is 26.0 Å². The summed E-state index contributed by atoms with van der Waals surface area (Å²) in [6, 6.07) is 7.83. The zero-order valence-electron chi connectivity index (χ0n) is 14.3. The minimum absolute atomic E-state index is 0.205. The van der Waals surface area contributed by atoms with Crippen LogP contribution < -0.4 is 4.74 Å². The summed E-state index contributed by atoms with van der Waals surface area (Å²) in [5.74, 6) is 0.760. The Bertz CT molecular complexity index is 656. The van der Waals surface area contributed by atoms with E-state index >= 15 is 0 Å². The number of aromatic nitrogens is 2. The van der Waals surface area contributed by atoms with Crippen LogP contribution in [0, 0.1) is 13.8 Å². The van der Waals surface area contributed by atoms with Crippen molar-refractivity contribution >= 4 is 0 Å². The van der Waals surface area contributed by atoms with Gasteiger partial charge < -0.3 is 14.6 Å². The van der Waals surface area contributed by atoms with Gasteiger partial charge in [-0.3, -0.25) is 10.00 Å². The number of aryl methyl sites for hydroxylation is 2. The van der Waals surface area contributed by atoms with E-state index in [9.17, 15) is 5.11 Å². The molecule has 130 valence electrons. The predicted octanol–water partition coefficient (Wildman–Crippen LogP) is 1.67. The molecule has 1 fully saturated rings. The van der Waals surface area contributed by atoms with Gasteiger partial charge in [0.1, 0.15) is 18.0 Å². The lowest BCUT2D eigenvalue weighted by Crippen LogP contribution is -2.48. The molecule has 3 rings (SSSR count). The maximum atomic E-state index is 10.9. The molecule has 0 saturated carbocycles. The quantitative estimate of drug-likeness (QED) is 0.872. The number of ether oxygens (including phenoxy) is 2. The van der Waals surface area contributed by atoms with Crippen molar-refractivity contribution < 1.29 is 14.6 Å². The van der Waals surface area contributed by atoms with E-state index < -0.39 is 5.60 Å². The first-order valence-electron chi connectivity index (χ1n) is 8.25. The van der Waals surface area contributed by atoms with Gasteiger partial charge in [-0.25, -0.2) is 0 Å². The number of hydrogen-bond acceptors (Lipinski definition) is 5. The summed E-state index contributed by atoms with van der Waals surface area (Å²) in [6.45, 7) is 7.13. The molecule has 0 aliphatic carbocycles. The van der Waals surface area contributed by atoms with E-state index in [1.807, 2.05) is 44.3 Å². The van der Waals surface area contributed by atoms with Gasteiger partial charge in [-0.2, -0.15) is 5.10 Å². The van der Waals surface area contributed by atoms with Crippen LogP contribution in [0.2, 0.25) is 0 Å². The fraction of sp³-hybridized carbons (Fsp3) is 0.500. The van der Waals surface area contributed by atoms with Crippen molar-refractivity contribution in [2.75, 3.05) is 32.9 Å². The molecule has 2 N–H and O–H groups in total. The monoisotopic (exact) mass is 331 g/mol. The highest BCUT2D eigenvalue weighted by Crippen LogP contribution is 2.19. The van der Waals surface area contributed by atoms with Gasteiger partial charge in [0.05, 0.1) is 19.4 Å². The third-order valence-electron chi connectivity index (χ3n) is 4.30. The van der Waals surface area contributed by atoms with E-state index in [4.69, 9.17) is 9.47 Å². The van der Waals surface area contributed by atoms with Gasteiger partial charge in [0, 0.05) is 30.9 Å². The van der Waals surface area contributed by atoms with Crippen molar-refractivity contribution in [1.29, 1.82) is 0 Å². The zero-order valence-corrected chi connectivity index (χ0v) is 14.3. The number of aromatic amines is 1. The van der Waals surface area contributed by atoms with Crippen LogP contribution in [0.1, 0.15) is 16.8 Å². The normalized spacial score (nSPS) is 22.3. The average Bonchev–Trinajstić information content (AvgIpc) is 2.86. The van der Waals surface area contributed by atoms with Gasteiger partial charge >= 0.3 is 0 Å². The fourth-order valence-corrected chi connectivity index (χ4v) is 2.85. The van der Waals surface area contributed by atoms with Crippen LogP contribution in [0.5, 0.6) is 5.75 Å². The van der Waals surface area contributed by atoms with Crippen LogP contribution >= 0.6 is 0 Å². The molecule has 2 heterocycles. The summed E-state index contributed by atoms with van der Waals surface area (Å²) in [7, 11) is 0. The number of rotatable bonds is 5. The fourth-order valence-electron chi connectivity index (χ4n) is 2.85. The number of aliphatic hydroxyl groups is 1. The molecule has 24 heavy (non-hydrogen) atoms. The van der Waals surface area contributed by atoms with Crippen molar-refractivity contribution in [3.63, 3.8) is 0 Å². The molecule has 1 aromatic carbocycles. The van der Waals surface area contributed by atoms with E-state index in [-0.39, 0.29) is 13.2 Å². The number of nitrogens with one attached hydrogen (secondary N) is 1. The first-order chi connectivity index (χ1) is 11.5. The molecule has 1 aromatic heterocycles. The molecule has 1 atom stereocenters. The lowest BCUT2D eigenvalue weighted by atomic mass is 10.1. The summed E-state index contributed by atoms with van der Waals surface area (Å²) >= 11 is 0. The molecule has 6 heteroatoms. The SMILES string of the molecule is Cc1ccc(OC[C@]2(O)COCCN(Cc3cn[nH]c3C)C2)cc1. The second-order valence-electron chi connectivity index (χ2n) is 6.61. The lowest BCUT2D eigenvalue weighted by Gasteiger charge is -2.30. The largest absolute Gasteiger partial charge is 0.490 e. The Morgan fingerprint density at radius 2 is 2.12 bits per heavy atom. The average molecular weight is 331 g/mol. The molecule has 1 aliphatic rings. The molecule has 1 saturated heterocycles. The lowest BCUT2D eigenvalue weighted by molar-refractivity contribution is -0.0646. The van der Waals surface area contributed by atoms with Crippen LogP contribution in [0.3, 0.4) is 0 Å². The summed E-state index contributed by atoms with van der Waals surface area (Å²) < 4.78 is 11.4. The third-order valence-corrected chi connectivity index (χ3v) is 4.30. The molecule has 2 aromatic rings. The smallest absolute Gasteiger partial charge is 0.134 e. The Balaban J connectivity index is 1.62. The summed E-state index contributed by atoms with van der Waals surface area (Å²) in [5.41, 5.74) is 2.35. The maximum absolute atomic E-state index is 10.9. The molecule has 0 bridgehead atoms. The standard InChI is InChI=1S/C18H25N3O3/c1-14-3-5-17(6-4-14)24-13-18(22)11-21(7-8-23-12-18)10-16-9-19-20-15(16)2/h3-6,9,22H,7-8,10-13H2,1-2H3,(H,19,20)/t18-/m1/s1. The predicted molar refractivity (Wildman–Crippen MR) is 91.0 cm³/mol. The topological polar surface area (TPSA) is 70.6 Å². The number of hydrogen-bond donors (Lipinski definition) is 2. The Morgan fingerprint density at radius 3 is 2.83 bits per heavy atom. The number of benzene rings is 1. The number of β-amino-alcohol motifs (C(OH)–C–C–N with tert-alkyl or cyclic N) is 1. The summed E-state index contributed by atoms with van der Waals surface area (Å²) in [6.07, 6.45) is 1.84. The molecule has 0 spiro atoms. The van der Waals surface area contributed by atoms with Gasteiger partial charge in [0.15, 0.2) is 0 Å². The summed E-state index contributed by atoms with van der Waals surface area (Å²) in [5, 5.41) is 17.9. The first kappa shape index (κ1) is 17.0. The van der Waals surface area contributed by atoms with Gasteiger partial charge in [-0.1, -0.05) is 17.7 Å². The van der Waals surface area contributed by atoms with Gasteiger partial charge in [0.25, 0.3) is 0 Å². The van der Waals surface area contributed by atoms with Gasteiger partial charge in [-0.15, -0.1) is 0 Å². The maximum Gasteiger partial charge on any atom is 0.134 e. The molecule has 6 nitrogen and oxygen atoms in total. The van der Waals surface area contributed by atoms with Crippen LogP contribution in [0.15, 0.2) is 30.5 Å². The van der Waals surface area contributed by atoms with Crippen molar-refractivity contribution in [3.8, 4) is 5.75 Å². The highest BCUT2D eigenvalue weighted by molar-refractivity contribution is 5.26. The Labute approximate surface area is 142 Å². The van der Waals surface area contributed by atoms with Crippen LogP contribution in [-0.2, 0) is 11.3 Å². The first-order valence-corrected chi connectivity index (χ1v) is 8.25. The minimum atomic E-state index is -1.03.